The van der Waals surface area contributed by atoms with Crippen LogP contribution in [0.4, 0.5) is 11.4 Å². The fourth-order valence-electron chi connectivity index (χ4n) is 4.29. The van der Waals surface area contributed by atoms with Gasteiger partial charge in [0.25, 0.3) is 5.91 Å². The number of para-hydroxylation sites is 3. The molecule has 1 aliphatic rings. The minimum absolute atomic E-state index is 0.0507. The smallest absolute Gasteiger partial charge is 0.274 e. The van der Waals surface area contributed by atoms with Gasteiger partial charge in [-0.25, -0.2) is 5.48 Å². The maximum atomic E-state index is 13.2. The van der Waals surface area contributed by atoms with Gasteiger partial charge >= 0.3 is 0 Å². The van der Waals surface area contributed by atoms with Crippen molar-refractivity contribution in [3.8, 4) is 0 Å². The molecule has 5 rings (SSSR count). The van der Waals surface area contributed by atoms with E-state index in [9.17, 15) is 9.59 Å². The summed E-state index contributed by atoms with van der Waals surface area (Å²) >= 11 is 0. The Morgan fingerprint density at radius 3 is 2.56 bits per heavy atom. The third-order valence-electron chi connectivity index (χ3n) is 5.91. The first kappa shape index (κ1) is 19.8. The van der Waals surface area contributed by atoms with Crippen LogP contribution in [0.1, 0.15) is 21.5 Å². The molecule has 0 saturated heterocycles. The fraction of sp³-hybridized carbons (Fsp3) is 0.120. The molecule has 1 atom stereocenters. The monoisotopic (exact) mass is 426 g/mol. The summed E-state index contributed by atoms with van der Waals surface area (Å²) in [6.45, 7) is 0.498. The Labute approximate surface area is 184 Å². The zero-order valence-electron chi connectivity index (χ0n) is 17.2. The highest BCUT2D eigenvalue weighted by Crippen LogP contribution is 2.35. The summed E-state index contributed by atoms with van der Waals surface area (Å²) in [4.78, 5) is 30.2. The van der Waals surface area contributed by atoms with Crippen molar-refractivity contribution in [2.75, 3.05) is 10.2 Å². The SMILES string of the molecule is O=C(NO)c1ccc(CN2c3ccccc3NC(=O)C2Cc2c[nH]c3ccccc23)cc1. The standard InChI is InChI=1S/C25H22N4O3/c30-24(28-32)17-11-9-16(10-12-17)15-29-22-8-4-3-7-21(22)27-25(31)23(29)13-18-14-26-20-6-2-1-5-19(18)20/h1-12,14,23,26,32H,13,15H2,(H,27,31)(H,28,30). The van der Waals surface area contributed by atoms with Crippen molar-refractivity contribution in [3.05, 3.63) is 95.7 Å². The van der Waals surface area contributed by atoms with Gasteiger partial charge in [0.05, 0.1) is 11.4 Å². The zero-order valence-corrected chi connectivity index (χ0v) is 17.2. The number of rotatable bonds is 5. The highest BCUT2D eigenvalue weighted by Gasteiger charge is 2.33. The number of aromatic nitrogens is 1. The first-order valence-electron chi connectivity index (χ1n) is 10.4. The molecule has 0 aliphatic carbocycles. The van der Waals surface area contributed by atoms with Crippen LogP contribution in [0.5, 0.6) is 0 Å². The number of amides is 2. The van der Waals surface area contributed by atoms with Crippen LogP contribution >= 0.6 is 0 Å². The predicted molar refractivity (Wildman–Crippen MR) is 123 cm³/mol. The van der Waals surface area contributed by atoms with E-state index in [1.54, 1.807) is 17.6 Å². The van der Waals surface area contributed by atoms with Gasteiger partial charge in [-0.3, -0.25) is 14.8 Å². The molecule has 2 amide bonds. The van der Waals surface area contributed by atoms with Crippen molar-refractivity contribution in [2.45, 2.75) is 19.0 Å². The summed E-state index contributed by atoms with van der Waals surface area (Å²) < 4.78 is 0. The van der Waals surface area contributed by atoms with Gasteiger partial charge in [0.15, 0.2) is 0 Å². The molecule has 4 N–H and O–H groups in total. The molecule has 1 unspecified atom stereocenters. The van der Waals surface area contributed by atoms with E-state index < -0.39 is 11.9 Å². The molecule has 3 aromatic carbocycles. The molecule has 2 heterocycles. The van der Waals surface area contributed by atoms with Crippen LogP contribution in [-0.4, -0.2) is 28.0 Å². The molecule has 1 aliphatic heterocycles. The van der Waals surface area contributed by atoms with E-state index in [1.165, 1.54) is 0 Å². The molecular weight excluding hydrogens is 404 g/mol. The number of nitrogens with zero attached hydrogens (tertiary/aromatic N) is 1. The Hall–Kier alpha value is -4.10. The number of carbonyl (C=O) groups excluding carboxylic acids is 2. The second-order valence-corrected chi connectivity index (χ2v) is 7.85. The minimum Gasteiger partial charge on any atom is -0.361 e. The third kappa shape index (κ3) is 3.59. The Morgan fingerprint density at radius 1 is 1.00 bits per heavy atom. The first-order valence-corrected chi connectivity index (χ1v) is 10.4. The van der Waals surface area contributed by atoms with E-state index in [1.807, 2.05) is 60.8 Å². The van der Waals surface area contributed by atoms with E-state index in [0.29, 0.717) is 18.5 Å². The van der Waals surface area contributed by atoms with Crippen LogP contribution in [0, 0.1) is 0 Å². The Kier molecular flexibility index (Phi) is 5.09. The number of benzene rings is 3. The molecule has 0 fully saturated rings. The lowest BCUT2D eigenvalue weighted by molar-refractivity contribution is -0.117. The maximum absolute atomic E-state index is 13.2. The Bertz CT molecular complexity index is 1300. The summed E-state index contributed by atoms with van der Waals surface area (Å²) in [5.41, 5.74) is 6.82. The van der Waals surface area contributed by atoms with Crippen molar-refractivity contribution in [2.24, 2.45) is 0 Å². The van der Waals surface area contributed by atoms with Crippen LogP contribution in [0.2, 0.25) is 0 Å². The second kappa shape index (κ2) is 8.20. The number of hydrogen-bond donors (Lipinski definition) is 4. The van der Waals surface area contributed by atoms with Crippen molar-refractivity contribution < 1.29 is 14.8 Å². The topological polar surface area (TPSA) is 97.5 Å². The molecule has 7 heteroatoms. The maximum Gasteiger partial charge on any atom is 0.274 e. The van der Waals surface area contributed by atoms with Crippen molar-refractivity contribution in [1.82, 2.24) is 10.5 Å². The number of fused-ring (bicyclic) bond motifs is 2. The van der Waals surface area contributed by atoms with E-state index in [2.05, 4.69) is 21.3 Å². The normalized spacial score (nSPS) is 15.3. The van der Waals surface area contributed by atoms with Gasteiger partial charge in [-0.15, -0.1) is 0 Å². The lowest BCUT2D eigenvalue weighted by atomic mass is 9.98. The van der Waals surface area contributed by atoms with Crippen molar-refractivity contribution in [1.29, 1.82) is 0 Å². The molecule has 32 heavy (non-hydrogen) atoms. The summed E-state index contributed by atoms with van der Waals surface area (Å²) in [6.07, 6.45) is 2.52. The average molecular weight is 426 g/mol. The quantitative estimate of drug-likeness (QED) is 0.288. The van der Waals surface area contributed by atoms with Crippen LogP contribution < -0.4 is 15.7 Å². The van der Waals surface area contributed by atoms with E-state index in [4.69, 9.17) is 5.21 Å². The van der Waals surface area contributed by atoms with Gasteiger partial charge in [-0.05, 0) is 41.5 Å². The Balaban J connectivity index is 1.50. The van der Waals surface area contributed by atoms with Crippen LogP contribution in [0.3, 0.4) is 0 Å². The van der Waals surface area contributed by atoms with Crippen LogP contribution in [0.25, 0.3) is 10.9 Å². The number of H-pyrrole nitrogens is 1. The van der Waals surface area contributed by atoms with E-state index >= 15 is 0 Å². The lowest BCUT2D eigenvalue weighted by Crippen LogP contribution is -2.49. The Morgan fingerprint density at radius 2 is 1.75 bits per heavy atom. The number of anilines is 2. The highest BCUT2D eigenvalue weighted by molar-refractivity contribution is 6.04. The number of aromatic amines is 1. The number of nitrogens with one attached hydrogen (secondary N) is 3. The van der Waals surface area contributed by atoms with E-state index in [0.717, 1.165) is 33.4 Å². The largest absolute Gasteiger partial charge is 0.361 e. The molecule has 4 aromatic rings. The number of hydroxylamine groups is 1. The van der Waals surface area contributed by atoms with Gasteiger partial charge in [0.1, 0.15) is 6.04 Å². The summed E-state index contributed by atoms with van der Waals surface area (Å²) in [7, 11) is 0. The van der Waals surface area contributed by atoms with Crippen molar-refractivity contribution in [3.63, 3.8) is 0 Å². The van der Waals surface area contributed by atoms with Gasteiger partial charge in [0, 0.05) is 35.6 Å². The molecular formula is C25H22N4O3. The fourth-order valence-corrected chi connectivity index (χ4v) is 4.29. The van der Waals surface area contributed by atoms with Gasteiger partial charge in [-0.1, -0.05) is 42.5 Å². The molecule has 0 radical (unpaired) electrons. The molecule has 1 aromatic heterocycles. The van der Waals surface area contributed by atoms with Gasteiger partial charge in [0.2, 0.25) is 5.91 Å². The third-order valence-corrected chi connectivity index (χ3v) is 5.91. The molecule has 0 saturated carbocycles. The predicted octanol–water partition coefficient (Wildman–Crippen LogP) is 3.86. The molecule has 0 spiro atoms. The first-order chi connectivity index (χ1) is 15.6. The highest BCUT2D eigenvalue weighted by atomic mass is 16.5. The molecule has 0 bridgehead atoms. The minimum atomic E-state index is -0.559. The summed E-state index contributed by atoms with van der Waals surface area (Å²) in [6, 6.07) is 22.4. The number of hydrogen-bond acceptors (Lipinski definition) is 4. The summed E-state index contributed by atoms with van der Waals surface area (Å²) in [5, 5.41) is 13.0. The second-order valence-electron chi connectivity index (χ2n) is 7.85. The van der Waals surface area contributed by atoms with Gasteiger partial charge in [-0.2, -0.15) is 0 Å². The zero-order chi connectivity index (χ0) is 22.1. The lowest BCUT2D eigenvalue weighted by Gasteiger charge is -2.38. The van der Waals surface area contributed by atoms with Crippen molar-refractivity contribution >= 4 is 34.1 Å². The van der Waals surface area contributed by atoms with Gasteiger partial charge < -0.3 is 15.2 Å². The molecule has 7 nitrogen and oxygen atoms in total. The van der Waals surface area contributed by atoms with Crippen LogP contribution in [-0.2, 0) is 17.8 Å². The van der Waals surface area contributed by atoms with E-state index in [-0.39, 0.29) is 5.91 Å². The molecule has 160 valence electrons. The summed E-state index contributed by atoms with van der Waals surface area (Å²) in [5.74, 6) is -0.610. The number of carbonyl (C=O) groups is 2. The van der Waals surface area contributed by atoms with Crippen LogP contribution in [0.15, 0.2) is 79.0 Å². The average Bonchev–Trinajstić information content (AvgIpc) is 3.24.